The van der Waals surface area contributed by atoms with Crippen LogP contribution in [0.3, 0.4) is 0 Å². The van der Waals surface area contributed by atoms with Crippen LogP contribution >= 0.6 is 15.9 Å². The Labute approximate surface area is 113 Å². The lowest BCUT2D eigenvalue weighted by Crippen LogP contribution is -2.48. The largest absolute Gasteiger partial charge is 0.480 e. The van der Waals surface area contributed by atoms with E-state index < -0.39 is 12.0 Å². The Kier molecular flexibility index (Phi) is 3.96. The van der Waals surface area contributed by atoms with E-state index in [1.54, 1.807) is 12.1 Å². The van der Waals surface area contributed by atoms with Crippen molar-refractivity contribution in [3.63, 3.8) is 0 Å². The Hall–Kier alpha value is -1.43. The molecular formula is C12H13BrN2O3. The number of piperidine rings is 1. The SMILES string of the molecule is O=C(O)[C@H]1CCCCN1C(=O)c1ccc(Br)nc1. The number of pyridine rings is 1. The Morgan fingerprint density at radius 1 is 1.39 bits per heavy atom. The smallest absolute Gasteiger partial charge is 0.326 e. The number of hydrogen-bond acceptors (Lipinski definition) is 3. The van der Waals surface area contributed by atoms with Gasteiger partial charge in [0, 0.05) is 12.7 Å². The number of likely N-dealkylation sites (tertiary alicyclic amines) is 1. The number of rotatable bonds is 2. The van der Waals surface area contributed by atoms with Gasteiger partial charge in [-0.1, -0.05) is 0 Å². The van der Waals surface area contributed by atoms with E-state index in [0.29, 0.717) is 23.1 Å². The van der Waals surface area contributed by atoms with E-state index in [1.807, 2.05) is 0 Å². The molecule has 1 saturated heterocycles. The number of carboxylic acid groups (broad SMARTS) is 1. The van der Waals surface area contributed by atoms with Crippen LogP contribution in [0.5, 0.6) is 0 Å². The topological polar surface area (TPSA) is 70.5 Å². The number of nitrogens with zero attached hydrogens (tertiary/aromatic N) is 2. The molecule has 6 heteroatoms. The van der Waals surface area contributed by atoms with Crippen LogP contribution in [0.1, 0.15) is 29.6 Å². The molecule has 0 aliphatic carbocycles. The average molecular weight is 313 g/mol. The number of carboxylic acids is 1. The molecule has 2 heterocycles. The molecular weight excluding hydrogens is 300 g/mol. The van der Waals surface area contributed by atoms with E-state index in [4.69, 9.17) is 5.11 Å². The van der Waals surface area contributed by atoms with Crippen molar-refractivity contribution in [1.29, 1.82) is 0 Å². The molecule has 0 radical (unpaired) electrons. The first-order valence-electron chi connectivity index (χ1n) is 5.75. The fourth-order valence-electron chi connectivity index (χ4n) is 2.10. The second kappa shape index (κ2) is 5.48. The van der Waals surface area contributed by atoms with Gasteiger partial charge in [0.25, 0.3) is 5.91 Å². The van der Waals surface area contributed by atoms with Gasteiger partial charge in [0.05, 0.1) is 5.56 Å². The molecule has 2 rings (SSSR count). The zero-order valence-electron chi connectivity index (χ0n) is 9.67. The Morgan fingerprint density at radius 3 is 2.78 bits per heavy atom. The van der Waals surface area contributed by atoms with Gasteiger partial charge in [0.15, 0.2) is 0 Å². The van der Waals surface area contributed by atoms with Gasteiger partial charge in [0.2, 0.25) is 0 Å². The third kappa shape index (κ3) is 2.69. The number of halogens is 1. The minimum atomic E-state index is -0.937. The van der Waals surface area contributed by atoms with E-state index >= 15 is 0 Å². The number of aromatic nitrogens is 1. The summed E-state index contributed by atoms with van der Waals surface area (Å²) in [5.74, 6) is -1.20. The van der Waals surface area contributed by atoms with E-state index in [9.17, 15) is 9.59 Å². The summed E-state index contributed by atoms with van der Waals surface area (Å²) < 4.78 is 0.646. The zero-order valence-corrected chi connectivity index (χ0v) is 11.3. The van der Waals surface area contributed by atoms with Gasteiger partial charge in [-0.05, 0) is 47.3 Å². The molecule has 0 bridgehead atoms. The second-order valence-corrected chi connectivity index (χ2v) is 5.03. The quantitative estimate of drug-likeness (QED) is 0.847. The van der Waals surface area contributed by atoms with E-state index in [0.717, 1.165) is 12.8 Å². The molecule has 1 N–H and O–H groups in total. The van der Waals surface area contributed by atoms with Crippen LogP contribution in [0.25, 0.3) is 0 Å². The molecule has 1 aromatic rings. The second-order valence-electron chi connectivity index (χ2n) is 4.22. The summed E-state index contributed by atoms with van der Waals surface area (Å²) in [7, 11) is 0. The van der Waals surface area contributed by atoms with Crippen molar-refractivity contribution in [1.82, 2.24) is 9.88 Å². The number of amides is 1. The predicted molar refractivity (Wildman–Crippen MR) is 68.2 cm³/mol. The zero-order chi connectivity index (χ0) is 13.1. The normalized spacial score (nSPS) is 19.6. The lowest BCUT2D eigenvalue weighted by molar-refractivity contribution is -0.143. The molecule has 0 aromatic carbocycles. The van der Waals surface area contributed by atoms with Crippen LogP contribution in [0.4, 0.5) is 0 Å². The van der Waals surface area contributed by atoms with Gasteiger partial charge < -0.3 is 10.0 Å². The lowest BCUT2D eigenvalue weighted by atomic mass is 10.0. The van der Waals surface area contributed by atoms with Gasteiger partial charge >= 0.3 is 5.97 Å². The molecule has 1 aliphatic rings. The van der Waals surface area contributed by atoms with Crippen molar-refractivity contribution in [3.05, 3.63) is 28.5 Å². The molecule has 1 aromatic heterocycles. The van der Waals surface area contributed by atoms with Crippen molar-refractivity contribution < 1.29 is 14.7 Å². The first-order chi connectivity index (χ1) is 8.59. The van der Waals surface area contributed by atoms with Gasteiger partial charge in [0.1, 0.15) is 10.6 Å². The Morgan fingerprint density at radius 2 is 2.17 bits per heavy atom. The van der Waals surface area contributed by atoms with Gasteiger partial charge in [-0.3, -0.25) is 4.79 Å². The van der Waals surface area contributed by atoms with Gasteiger partial charge in [-0.2, -0.15) is 0 Å². The van der Waals surface area contributed by atoms with Crippen LogP contribution in [0.2, 0.25) is 0 Å². The summed E-state index contributed by atoms with van der Waals surface area (Å²) in [4.78, 5) is 28.8. The van der Waals surface area contributed by atoms with E-state index in [1.165, 1.54) is 11.1 Å². The van der Waals surface area contributed by atoms with Crippen LogP contribution < -0.4 is 0 Å². The number of carbonyl (C=O) groups is 2. The van der Waals surface area contributed by atoms with Crippen molar-refractivity contribution in [2.75, 3.05) is 6.54 Å². The average Bonchev–Trinajstić information content (AvgIpc) is 2.39. The molecule has 5 nitrogen and oxygen atoms in total. The summed E-state index contributed by atoms with van der Waals surface area (Å²) >= 11 is 3.20. The highest BCUT2D eigenvalue weighted by Gasteiger charge is 2.32. The van der Waals surface area contributed by atoms with Crippen molar-refractivity contribution in [3.8, 4) is 0 Å². The fraction of sp³-hybridized carbons (Fsp3) is 0.417. The van der Waals surface area contributed by atoms with E-state index in [2.05, 4.69) is 20.9 Å². The molecule has 1 fully saturated rings. The standard InChI is InChI=1S/C12H13BrN2O3/c13-10-5-4-8(7-14-10)11(16)15-6-2-1-3-9(15)12(17)18/h4-5,7,9H,1-3,6H2,(H,17,18)/t9-/m1/s1. The third-order valence-corrected chi connectivity index (χ3v) is 3.49. The number of hydrogen-bond donors (Lipinski definition) is 1. The fourth-order valence-corrected chi connectivity index (χ4v) is 2.33. The molecule has 0 saturated carbocycles. The summed E-state index contributed by atoms with van der Waals surface area (Å²) in [5.41, 5.74) is 0.423. The minimum absolute atomic E-state index is 0.262. The highest BCUT2D eigenvalue weighted by atomic mass is 79.9. The summed E-state index contributed by atoms with van der Waals surface area (Å²) in [5, 5.41) is 9.13. The Balaban J connectivity index is 2.20. The van der Waals surface area contributed by atoms with Crippen LogP contribution in [-0.2, 0) is 4.79 Å². The molecule has 0 unspecified atom stereocenters. The first-order valence-corrected chi connectivity index (χ1v) is 6.54. The van der Waals surface area contributed by atoms with Crippen molar-refractivity contribution in [2.24, 2.45) is 0 Å². The van der Waals surface area contributed by atoms with Crippen LogP contribution in [-0.4, -0.2) is 39.5 Å². The molecule has 96 valence electrons. The minimum Gasteiger partial charge on any atom is -0.480 e. The highest BCUT2D eigenvalue weighted by molar-refractivity contribution is 9.10. The maximum atomic E-state index is 12.2. The van der Waals surface area contributed by atoms with E-state index in [-0.39, 0.29) is 5.91 Å². The maximum Gasteiger partial charge on any atom is 0.326 e. The monoisotopic (exact) mass is 312 g/mol. The van der Waals surface area contributed by atoms with Crippen molar-refractivity contribution in [2.45, 2.75) is 25.3 Å². The third-order valence-electron chi connectivity index (χ3n) is 3.02. The number of carbonyl (C=O) groups excluding carboxylic acids is 1. The predicted octanol–water partition coefficient (Wildman–Crippen LogP) is 1.92. The lowest BCUT2D eigenvalue weighted by Gasteiger charge is -2.32. The van der Waals surface area contributed by atoms with Crippen LogP contribution in [0.15, 0.2) is 22.9 Å². The summed E-state index contributed by atoms with van der Waals surface area (Å²) in [6.07, 6.45) is 3.67. The molecule has 0 spiro atoms. The summed E-state index contributed by atoms with van der Waals surface area (Å²) in [6.45, 7) is 0.492. The Bertz CT molecular complexity index is 461. The summed E-state index contributed by atoms with van der Waals surface area (Å²) in [6, 6.07) is 2.61. The van der Waals surface area contributed by atoms with Crippen molar-refractivity contribution >= 4 is 27.8 Å². The molecule has 1 atom stereocenters. The molecule has 18 heavy (non-hydrogen) atoms. The maximum absolute atomic E-state index is 12.2. The molecule has 1 amide bonds. The van der Waals surface area contributed by atoms with Crippen LogP contribution in [0, 0.1) is 0 Å². The first kappa shape index (κ1) is 13.0. The number of aliphatic carboxylic acids is 1. The highest BCUT2D eigenvalue weighted by Crippen LogP contribution is 2.20. The molecule has 1 aliphatic heterocycles. The van der Waals surface area contributed by atoms with Gasteiger partial charge in [-0.15, -0.1) is 0 Å². The van der Waals surface area contributed by atoms with Gasteiger partial charge in [-0.25, -0.2) is 9.78 Å².